The Morgan fingerprint density at radius 2 is 1.95 bits per heavy atom. The van der Waals surface area contributed by atoms with E-state index in [0.29, 0.717) is 24.6 Å². The highest BCUT2D eigenvalue weighted by Crippen LogP contribution is 2.29. The largest absolute Gasteiger partial charge is 0.313 e. The molecule has 0 atom stereocenters. The fourth-order valence-corrected chi connectivity index (χ4v) is 2.92. The van der Waals surface area contributed by atoms with Crippen molar-refractivity contribution in [1.82, 2.24) is 0 Å². The zero-order valence-corrected chi connectivity index (χ0v) is 11.9. The molecule has 0 aromatic heterocycles. The molecule has 1 fully saturated rings. The fraction of sp³-hybridized carbons (Fsp3) is 0.562. The summed E-state index contributed by atoms with van der Waals surface area (Å²) in [6.45, 7) is 2.31. The van der Waals surface area contributed by atoms with Gasteiger partial charge in [-0.2, -0.15) is 0 Å². The van der Waals surface area contributed by atoms with Gasteiger partial charge in [0.1, 0.15) is 0 Å². The third-order valence-electron chi connectivity index (χ3n) is 4.07. The number of anilines is 1. The molecule has 2 rings (SSSR count). The summed E-state index contributed by atoms with van der Waals surface area (Å²) in [6.07, 6.45) is 6.34. The van der Waals surface area contributed by atoms with Gasteiger partial charge in [0.15, 0.2) is 11.6 Å². The van der Waals surface area contributed by atoms with Crippen LogP contribution in [0.25, 0.3) is 0 Å². The lowest BCUT2D eigenvalue weighted by Crippen LogP contribution is -2.30. The highest BCUT2D eigenvalue weighted by molar-refractivity contribution is 5.93. The molecule has 0 bridgehead atoms. The molecule has 2 nitrogen and oxygen atoms in total. The van der Waals surface area contributed by atoms with Crippen LogP contribution in [0.2, 0.25) is 0 Å². The van der Waals surface area contributed by atoms with Crippen molar-refractivity contribution in [2.45, 2.75) is 45.4 Å². The van der Waals surface area contributed by atoms with Crippen LogP contribution in [0.3, 0.4) is 0 Å². The normalized spacial score (nSPS) is 15.6. The summed E-state index contributed by atoms with van der Waals surface area (Å²) in [7, 11) is 0. The van der Waals surface area contributed by atoms with E-state index in [9.17, 15) is 13.6 Å². The second kappa shape index (κ2) is 6.82. The molecule has 1 aliphatic carbocycles. The van der Waals surface area contributed by atoms with Crippen LogP contribution >= 0.6 is 0 Å². The Hall–Kier alpha value is -1.45. The first-order chi connectivity index (χ1) is 9.61. The summed E-state index contributed by atoms with van der Waals surface area (Å²) in [4.78, 5) is 13.8. The Balaban J connectivity index is 1.98. The minimum atomic E-state index is -0.912. The smallest absolute Gasteiger partial charge is 0.226 e. The third kappa shape index (κ3) is 3.56. The highest BCUT2D eigenvalue weighted by Gasteiger charge is 2.20. The predicted octanol–water partition coefficient (Wildman–Crippen LogP) is 4.29. The van der Waals surface area contributed by atoms with E-state index < -0.39 is 11.6 Å². The van der Waals surface area contributed by atoms with Crippen LogP contribution in [0.15, 0.2) is 18.2 Å². The van der Waals surface area contributed by atoms with Gasteiger partial charge in [-0.1, -0.05) is 25.7 Å². The van der Waals surface area contributed by atoms with Gasteiger partial charge in [-0.05, 0) is 31.4 Å². The summed E-state index contributed by atoms with van der Waals surface area (Å²) in [5.41, 5.74) is 0.433. The summed E-state index contributed by atoms with van der Waals surface area (Å²) >= 11 is 0. The van der Waals surface area contributed by atoms with Crippen molar-refractivity contribution in [3.05, 3.63) is 29.8 Å². The van der Waals surface area contributed by atoms with Crippen LogP contribution < -0.4 is 4.90 Å². The number of rotatable bonds is 5. The molecule has 1 aliphatic rings. The maximum Gasteiger partial charge on any atom is 0.226 e. The summed E-state index contributed by atoms with van der Waals surface area (Å²) < 4.78 is 26.2. The van der Waals surface area contributed by atoms with Crippen LogP contribution in [-0.2, 0) is 4.79 Å². The molecule has 1 amide bonds. The molecule has 0 radical (unpaired) electrons. The van der Waals surface area contributed by atoms with Gasteiger partial charge in [0.25, 0.3) is 0 Å². The van der Waals surface area contributed by atoms with Crippen LogP contribution in [-0.4, -0.2) is 12.5 Å². The van der Waals surface area contributed by atoms with Gasteiger partial charge < -0.3 is 4.90 Å². The zero-order valence-electron chi connectivity index (χ0n) is 11.9. The summed E-state index contributed by atoms with van der Waals surface area (Å²) in [5.74, 6) is -1.15. The number of halogens is 2. The Labute approximate surface area is 118 Å². The lowest BCUT2D eigenvalue weighted by Gasteiger charge is -2.22. The van der Waals surface area contributed by atoms with E-state index in [2.05, 4.69) is 0 Å². The first-order valence-electron chi connectivity index (χ1n) is 7.37. The molecule has 1 aromatic rings. The van der Waals surface area contributed by atoms with E-state index in [-0.39, 0.29) is 5.91 Å². The van der Waals surface area contributed by atoms with E-state index >= 15 is 0 Å². The first kappa shape index (κ1) is 14.9. The Bertz CT molecular complexity index is 470. The Morgan fingerprint density at radius 3 is 2.55 bits per heavy atom. The molecular formula is C16H21F2NO. The van der Waals surface area contributed by atoms with E-state index in [1.165, 1.54) is 36.6 Å². The molecule has 0 heterocycles. The number of carbonyl (C=O) groups is 1. The molecular weight excluding hydrogens is 260 g/mol. The van der Waals surface area contributed by atoms with E-state index in [1.807, 2.05) is 6.92 Å². The van der Waals surface area contributed by atoms with Gasteiger partial charge in [-0.3, -0.25) is 4.79 Å². The average Bonchev–Trinajstić information content (AvgIpc) is 2.94. The molecule has 4 heteroatoms. The summed E-state index contributed by atoms with van der Waals surface area (Å²) in [6, 6.07) is 3.61. The molecule has 1 aromatic carbocycles. The first-order valence-corrected chi connectivity index (χ1v) is 7.37. The van der Waals surface area contributed by atoms with Crippen LogP contribution in [0, 0.1) is 17.6 Å². The standard InChI is InChI=1S/C16H21F2NO/c1-2-19(13-8-9-14(17)15(18)11-13)16(20)10-7-12-5-3-4-6-12/h8-9,11-12H,2-7,10H2,1H3. The maximum atomic E-state index is 13.3. The number of carbonyl (C=O) groups excluding carboxylic acids is 1. The molecule has 0 spiro atoms. The van der Waals surface area contributed by atoms with Crippen molar-refractivity contribution in [2.24, 2.45) is 5.92 Å². The SMILES string of the molecule is CCN(C(=O)CCC1CCCC1)c1ccc(F)c(F)c1. The molecule has 0 unspecified atom stereocenters. The Morgan fingerprint density at radius 1 is 1.25 bits per heavy atom. The lowest BCUT2D eigenvalue weighted by molar-refractivity contribution is -0.118. The second-order valence-corrected chi connectivity index (χ2v) is 5.43. The highest BCUT2D eigenvalue weighted by atomic mass is 19.2. The fourth-order valence-electron chi connectivity index (χ4n) is 2.92. The summed E-state index contributed by atoms with van der Waals surface area (Å²) in [5, 5.41) is 0. The minimum absolute atomic E-state index is 0.00888. The molecule has 0 saturated heterocycles. The quantitative estimate of drug-likeness (QED) is 0.788. The van der Waals surface area contributed by atoms with Crippen molar-refractivity contribution in [3.63, 3.8) is 0 Å². The second-order valence-electron chi connectivity index (χ2n) is 5.43. The molecule has 0 N–H and O–H groups in total. The van der Waals surface area contributed by atoms with Crippen molar-refractivity contribution in [3.8, 4) is 0 Å². The van der Waals surface area contributed by atoms with Crippen LogP contribution in [0.4, 0.5) is 14.5 Å². The van der Waals surface area contributed by atoms with Gasteiger partial charge in [-0.25, -0.2) is 8.78 Å². The number of benzene rings is 1. The molecule has 110 valence electrons. The number of hydrogen-bond acceptors (Lipinski definition) is 1. The minimum Gasteiger partial charge on any atom is -0.313 e. The van der Waals surface area contributed by atoms with Crippen molar-refractivity contribution in [2.75, 3.05) is 11.4 Å². The molecule has 1 saturated carbocycles. The number of amides is 1. The van der Waals surface area contributed by atoms with Gasteiger partial charge in [-0.15, -0.1) is 0 Å². The van der Waals surface area contributed by atoms with Crippen molar-refractivity contribution < 1.29 is 13.6 Å². The van der Waals surface area contributed by atoms with Gasteiger partial charge in [0.05, 0.1) is 0 Å². The maximum absolute atomic E-state index is 13.3. The van der Waals surface area contributed by atoms with Gasteiger partial charge in [0, 0.05) is 24.7 Å². The monoisotopic (exact) mass is 281 g/mol. The van der Waals surface area contributed by atoms with Crippen molar-refractivity contribution in [1.29, 1.82) is 0 Å². The van der Waals surface area contributed by atoms with Gasteiger partial charge >= 0.3 is 0 Å². The topological polar surface area (TPSA) is 20.3 Å². The Kier molecular flexibility index (Phi) is 5.10. The van der Waals surface area contributed by atoms with E-state index in [1.54, 1.807) is 0 Å². The average molecular weight is 281 g/mol. The van der Waals surface area contributed by atoms with E-state index in [4.69, 9.17) is 0 Å². The third-order valence-corrected chi connectivity index (χ3v) is 4.07. The van der Waals surface area contributed by atoms with Crippen LogP contribution in [0.1, 0.15) is 45.4 Å². The molecule has 20 heavy (non-hydrogen) atoms. The predicted molar refractivity (Wildman–Crippen MR) is 75.6 cm³/mol. The number of hydrogen-bond donors (Lipinski definition) is 0. The van der Waals surface area contributed by atoms with Crippen molar-refractivity contribution >= 4 is 11.6 Å². The zero-order chi connectivity index (χ0) is 14.5. The lowest BCUT2D eigenvalue weighted by atomic mass is 10.0. The number of nitrogens with zero attached hydrogens (tertiary/aromatic N) is 1. The van der Waals surface area contributed by atoms with E-state index in [0.717, 1.165) is 18.6 Å². The van der Waals surface area contributed by atoms with Gasteiger partial charge in [0.2, 0.25) is 5.91 Å². The van der Waals surface area contributed by atoms with Crippen LogP contribution in [0.5, 0.6) is 0 Å². The molecule has 0 aliphatic heterocycles.